The van der Waals surface area contributed by atoms with Crippen LogP contribution in [0.15, 0.2) is 53.0 Å². The third-order valence-corrected chi connectivity index (χ3v) is 4.66. The summed E-state index contributed by atoms with van der Waals surface area (Å²) >= 11 is 3.46. The lowest BCUT2D eigenvalue weighted by atomic mass is 9.94. The highest BCUT2D eigenvalue weighted by molar-refractivity contribution is 9.10. The van der Waals surface area contributed by atoms with Gasteiger partial charge in [-0.25, -0.2) is 4.79 Å². The second-order valence-corrected chi connectivity index (χ2v) is 6.08. The molecule has 0 fully saturated rings. The minimum Gasteiger partial charge on any atom is -0.317 e. The smallest absolute Gasteiger partial charge is 0.317 e. The first-order valence-corrected chi connectivity index (χ1v) is 7.86. The number of carbonyl (C=O) groups excluding carboxylic acids is 1. The lowest BCUT2D eigenvalue weighted by Gasteiger charge is -2.35. The Balaban J connectivity index is 1.79. The molecule has 0 unspecified atom stereocenters. The third kappa shape index (κ3) is 2.81. The maximum Gasteiger partial charge on any atom is 0.322 e. The highest BCUT2D eigenvalue weighted by atomic mass is 79.9. The number of nitrogens with one attached hydrogen (secondary N) is 1. The molecule has 0 aromatic heterocycles. The average molecular weight is 345 g/mol. The van der Waals surface area contributed by atoms with Crippen molar-refractivity contribution < 1.29 is 4.79 Å². The minimum atomic E-state index is -0.0519. The number of urea groups is 1. The van der Waals surface area contributed by atoms with Crippen LogP contribution in [0.3, 0.4) is 0 Å². The van der Waals surface area contributed by atoms with E-state index in [0.29, 0.717) is 0 Å². The second-order valence-electron chi connectivity index (χ2n) is 5.23. The van der Waals surface area contributed by atoms with Crippen LogP contribution < -0.4 is 5.32 Å². The largest absolute Gasteiger partial charge is 0.322 e. The molecule has 3 nitrogen and oxygen atoms in total. The second kappa shape index (κ2) is 5.90. The third-order valence-electron chi connectivity index (χ3n) is 3.97. The molecule has 0 saturated heterocycles. The predicted molar refractivity (Wildman–Crippen MR) is 88.4 cm³/mol. The lowest BCUT2D eigenvalue weighted by Crippen LogP contribution is -2.41. The van der Waals surface area contributed by atoms with Crippen molar-refractivity contribution in [2.75, 3.05) is 11.9 Å². The van der Waals surface area contributed by atoms with Gasteiger partial charge in [0.05, 0.1) is 11.7 Å². The van der Waals surface area contributed by atoms with Gasteiger partial charge in [0, 0.05) is 11.0 Å². The fraction of sp³-hybridized carbons (Fsp3) is 0.235. The minimum absolute atomic E-state index is 0.0519. The topological polar surface area (TPSA) is 32.3 Å². The Morgan fingerprint density at radius 1 is 1.19 bits per heavy atom. The number of fused-ring (bicyclic) bond motifs is 1. The first kappa shape index (κ1) is 14.1. The first-order valence-electron chi connectivity index (χ1n) is 7.07. The number of benzene rings is 2. The highest BCUT2D eigenvalue weighted by Gasteiger charge is 2.27. The Bertz CT molecular complexity index is 671. The zero-order chi connectivity index (χ0) is 14.8. The van der Waals surface area contributed by atoms with E-state index in [-0.39, 0.29) is 12.1 Å². The van der Waals surface area contributed by atoms with Gasteiger partial charge in [-0.15, -0.1) is 0 Å². The summed E-state index contributed by atoms with van der Waals surface area (Å²) in [6.45, 7) is 2.83. The molecular weight excluding hydrogens is 328 g/mol. The van der Waals surface area contributed by atoms with Gasteiger partial charge < -0.3 is 10.2 Å². The summed E-state index contributed by atoms with van der Waals surface area (Å²) in [6, 6.07) is 16.0. The fourth-order valence-electron chi connectivity index (χ4n) is 2.80. The van der Waals surface area contributed by atoms with Gasteiger partial charge in [0.1, 0.15) is 0 Å². The number of nitrogens with zero attached hydrogens (tertiary/aromatic N) is 1. The van der Waals surface area contributed by atoms with Crippen molar-refractivity contribution in [1.82, 2.24) is 4.90 Å². The number of amides is 2. The van der Waals surface area contributed by atoms with E-state index in [1.165, 1.54) is 11.1 Å². The average Bonchev–Trinajstić information content (AvgIpc) is 2.50. The molecule has 2 amide bonds. The van der Waals surface area contributed by atoms with Gasteiger partial charge in [-0.3, -0.25) is 0 Å². The summed E-state index contributed by atoms with van der Waals surface area (Å²) in [6.07, 6.45) is 0.907. The van der Waals surface area contributed by atoms with E-state index in [1.54, 1.807) is 0 Å². The Hall–Kier alpha value is -1.81. The molecular formula is C17H17BrN2O. The molecule has 2 aromatic carbocycles. The van der Waals surface area contributed by atoms with Crippen LogP contribution in [0.5, 0.6) is 0 Å². The number of anilines is 1. The van der Waals surface area contributed by atoms with Gasteiger partial charge in [-0.05, 0) is 52.5 Å². The van der Waals surface area contributed by atoms with Crippen molar-refractivity contribution in [1.29, 1.82) is 0 Å². The maximum absolute atomic E-state index is 12.5. The Morgan fingerprint density at radius 2 is 1.90 bits per heavy atom. The number of rotatable bonds is 1. The molecule has 0 spiro atoms. The predicted octanol–water partition coefficient (Wildman–Crippen LogP) is 4.60. The van der Waals surface area contributed by atoms with E-state index < -0.39 is 0 Å². The fourth-order valence-corrected chi connectivity index (χ4v) is 3.18. The molecule has 1 N–H and O–H groups in total. The molecule has 3 rings (SSSR count). The van der Waals surface area contributed by atoms with Gasteiger partial charge >= 0.3 is 6.03 Å². The molecule has 0 bridgehead atoms. The van der Waals surface area contributed by atoms with Crippen LogP contribution in [0.25, 0.3) is 0 Å². The van der Waals surface area contributed by atoms with Gasteiger partial charge in [-0.2, -0.15) is 0 Å². The number of carbonyl (C=O) groups is 1. The summed E-state index contributed by atoms with van der Waals surface area (Å²) in [5.74, 6) is 0. The Morgan fingerprint density at radius 3 is 2.71 bits per heavy atom. The highest BCUT2D eigenvalue weighted by Crippen LogP contribution is 2.30. The first-order chi connectivity index (χ1) is 10.2. The molecule has 1 aliphatic heterocycles. The standard InChI is InChI=1S/C17H17BrN2O/c1-12-14-7-3-2-6-13(14)10-11-20(12)17(21)19-16-9-5-4-8-15(16)18/h2-9,12H,10-11H2,1H3,(H,19,21)/t12-/m0/s1. The van der Waals surface area contributed by atoms with Crippen molar-refractivity contribution in [3.05, 3.63) is 64.1 Å². The normalized spacial score (nSPS) is 17.2. The summed E-state index contributed by atoms with van der Waals surface area (Å²) < 4.78 is 0.892. The Labute approximate surface area is 133 Å². The van der Waals surface area contributed by atoms with Crippen LogP contribution >= 0.6 is 15.9 Å². The molecule has 108 valence electrons. The summed E-state index contributed by atoms with van der Waals surface area (Å²) in [5.41, 5.74) is 3.38. The van der Waals surface area contributed by atoms with Crippen molar-refractivity contribution >= 4 is 27.6 Å². The summed E-state index contributed by atoms with van der Waals surface area (Å²) in [5, 5.41) is 2.98. The number of hydrogen-bond acceptors (Lipinski definition) is 1. The van der Waals surface area contributed by atoms with Gasteiger partial charge in [0.25, 0.3) is 0 Å². The van der Waals surface area contributed by atoms with Crippen LogP contribution in [0.2, 0.25) is 0 Å². The maximum atomic E-state index is 12.5. The molecule has 4 heteroatoms. The van der Waals surface area contributed by atoms with Gasteiger partial charge in [0.15, 0.2) is 0 Å². The molecule has 0 aliphatic carbocycles. The number of para-hydroxylation sites is 1. The molecule has 1 atom stereocenters. The van der Waals surface area contributed by atoms with E-state index in [0.717, 1.165) is 23.1 Å². The summed E-state index contributed by atoms with van der Waals surface area (Å²) in [4.78, 5) is 14.4. The van der Waals surface area contributed by atoms with Gasteiger partial charge in [-0.1, -0.05) is 36.4 Å². The number of halogens is 1. The van der Waals surface area contributed by atoms with Crippen LogP contribution in [-0.2, 0) is 6.42 Å². The molecule has 0 radical (unpaired) electrons. The van der Waals surface area contributed by atoms with Crippen LogP contribution in [-0.4, -0.2) is 17.5 Å². The van der Waals surface area contributed by atoms with Crippen molar-refractivity contribution in [2.45, 2.75) is 19.4 Å². The van der Waals surface area contributed by atoms with E-state index in [1.807, 2.05) is 35.2 Å². The van der Waals surface area contributed by atoms with Crippen molar-refractivity contribution in [3.8, 4) is 0 Å². The Kier molecular flexibility index (Phi) is 3.97. The molecule has 1 aliphatic rings. The molecule has 2 aromatic rings. The van der Waals surface area contributed by atoms with Crippen molar-refractivity contribution in [2.24, 2.45) is 0 Å². The molecule has 21 heavy (non-hydrogen) atoms. The van der Waals surface area contributed by atoms with Crippen LogP contribution in [0.1, 0.15) is 24.1 Å². The van der Waals surface area contributed by atoms with E-state index in [4.69, 9.17) is 0 Å². The van der Waals surface area contributed by atoms with E-state index in [2.05, 4.69) is 46.4 Å². The van der Waals surface area contributed by atoms with E-state index in [9.17, 15) is 4.79 Å². The van der Waals surface area contributed by atoms with Crippen LogP contribution in [0.4, 0.5) is 10.5 Å². The lowest BCUT2D eigenvalue weighted by molar-refractivity contribution is 0.188. The quantitative estimate of drug-likeness (QED) is 0.805. The van der Waals surface area contributed by atoms with Gasteiger partial charge in [0.2, 0.25) is 0 Å². The molecule has 0 saturated carbocycles. The number of hydrogen-bond donors (Lipinski definition) is 1. The van der Waals surface area contributed by atoms with Crippen LogP contribution in [0, 0.1) is 0 Å². The zero-order valence-corrected chi connectivity index (χ0v) is 13.4. The SMILES string of the molecule is C[C@H]1c2ccccc2CCN1C(=O)Nc1ccccc1Br. The summed E-state index contributed by atoms with van der Waals surface area (Å²) in [7, 11) is 0. The van der Waals surface area contributed by atoms with Crippen molar-refractivity contribution in [3.63, 3.8) is 0 Å². The van der Waals surface area contributed by atoms with E-state index >= 15 is 0 Å². The zero-order valence-electron chi connectivity index (χ0n) is 11.8. The molecule has 1 heterocycles. The monoisotopic (exact) mass is 344 g/mol.